The number of hydrogen-bond donors (Lipinski definition) is 5. The first-order valence-electron chi connectivity index (χ1n) is 2.51. The molecule has 0 aromatic rings. The van der Waals surface area contributed by atoms with Gasteiger partial charge in [0.2, 0.25) is 0 Å². The van der Waals surface area contributed by atoms with E-state index in [1.165, 1.54) is 0 Å². The van der Waals surface area contributed by atoms with Gasteiger partial charge in [-0.25, -0.2) is 0 Å². The van der Waals surface area contributed by atoms with Crippen molar-refractivity contribution in [2.24, 2.45) is 0 Å². The summed E-state index contributed by atoms with van der Waals surface area (Å²) in [7, 11) is 0. The van der Waals surface area contributed by atoms with E-state index in [1.807, 2.05) is 0 Å². The second-order valence-electron chi connectivity index (χ2n) is 1.77. The van der Waals surface area contributed by atoms with Gasteiger partial charge < -0.3 is 20.4 Å². The zero-order chi connectivity index (χ0) is 8.20. The minimum absolute atomic E-state index is 0.427. The van der Waals surface area contributed by atoms with Crippen LogP contribution in [-0.4, -0.2) is 45.5 Å². The maximum atomic E-state index is 9.78. The van der Waals surface area contributed by atoms with Crippen LogP contribution in [0.1, 0.15) is 0 Å². The molecule has 0 rings (SSSR count). The van der Waals surface area contributed by atoms with Gasteiger partial charge in [0, 0.05) is 0 Å². The van der Waals surface area contributed by atoms with Gasteiger partial charge in [-0.15, -0.1) is 0 Å². The zero-order valence-electron chi connectivity index (χ0n) is 5.11. The van der Waals surface area contributed by atoms with Gasteiger partial charge >= 0.3 is 5.97 Å². The molecule has 10 heavy (non-hydrogen) atoms. The van der Waals surface area contributed by atoms with E-state index in [4.69, 9.17) is 20.4 Å². The predicted octanol–water partition coefficient (Wildman–Crippen LogP) is -2.71. The number of aliphatic carboxylic acids is 1. The molecule has 0 saturated carbocycles. The zero-order valence-corrected chi connectivity index (χ0v) is 5.11. The van der Waals surface area contributed by atoms with Crippen molar-refractivity contribution in [3.8, 4) is 0 Å². The Morgan fingerprint density at radius 1 is 1.40 bits per heavy atom. The molecule has 0 aliphatic rings. The molecule has 0 saturated heterocycles. The van der Waals surface area contributed by atoms with Crippen molar-refractivity contribution in [2.45, 2.75) is 5.97 Å². The van der Waals surface area contributed by atoms with E-state index in [2.05, 4.69) is 5.32 Å². The van der Waals surface area contributed by atoms with E-state index in [1.54, 1.807) is 0 Å². The Morgan fingerprint density at radius 2 is 1.90 bits per heavy atom. The smallest absolute Gasteiger partial charge is 0.317 e. The van der Waals surface area contributed by atoms with Gasteiger partial charge in [0.1, 0.15) is 0 Å². The molecule has 0 spiro atoms. The fraction of sp³-hybridized carbons (Fsp3) is 0.750. The molecule has 0 bridgehead atoms. The average molecular weight is 151 g/mol. The number of carboxylic acids is 1. The maximum absolute atomic E-state index is 9.78. The lowest BCUT2D eigenvalue weighted by molar-refractivity contribution is -0.306. The average Bonchev–Trinajstić information content (AvgIpc) is 1.59. The normalized spacial score (nSPS) is 11.5. The molecule has 0 unspecified atom stereocenters. The fourth-order valence-electron chi connectivity index (χ4n) is 0.337. The molecule has 5 N–H and O–H groups in total. The van der Waals surface area contributed by atoms with Gasteiger partial charge in [-0.3, -0.25) is 10.1 Å². The van der Waals surface area contributed by atoms with E-state index < -0.39 is 25.0 Å². The van der Waals surface area contributed by atoms with Crippen LogP contribution in [0.25, 0.3) is 0 Å². The largest absolute Gasteiger partial charge is 0.480 e. The summed E-state index contributed by atoms with van der Waals surface area (Å²) >= 11 is 0. The van der Waals surface area contributed by atoms with E-state index in [-0.39, 0.29) is 0 Å². The Labute approximate surface area is 56.7 Å². The van der Waals surface area contributed by atoms with Crippen molar-refractivity contribution in [3.05, 3.63) is 0 Å². The lowest BCUT2D eigenvalue weighted by Crippen LogP contribution is -2.41. The summed E-state index contributed by atoms with van der Waals surface area (Å²) in [6, 6.07) is 0. The predicted molar refractivity (Wildman–Crippen MR) is 29.9 cm³/mol. The quantitative estimate of drug-likeness (QED) is 0.279. The summed E-state index contributed by atoms with van der Waals surface area (Å²) < 4.78 is 0. The van der Waals surface area contributed by atoms with Crippen LogP contribution in [0.5, 0.6) is 0 Å². The molecule has 0 atom stereocenters. The summed E-state index contributed by atoms with van der Waals surface area (Å²) in [5, 5.41) is 34.6. The Hall–Kier alpha value is -0.690. The maximum Gasteiger partial charge on any atom is 0.317 e. The summed E-state index contributed by atoms with van der Waals surface area (Å²) in [5.74, 6) is -3.97. The third-order valence-corrected chi connectivity index (χ3v) is 0.638. The highest BCUT2D eigenvalue weighted by Crippen LogP contribution is 1.86. The van der Waals surface area contributed by atoms with Crippen molar-refractivity contribution < 1.29 is 25.2 Å². The first-order valence-corrected chi connectivity index (χ1v) is 2.51. The topological polar surface area (TPSA) is 110 Å². The first-order chi connectivity index (χ1) is 4.42. The van der Waals surface area contributed by atoms with Crippen LogP contribution in [0.4, 0.5) is 0 Å². The first kappa shape index (κ1) is 9.31. The highest BCUT2D eigenvalue weighted by molar-refractivity contribution is 5.68. The molecule has 60 valence electrons. The number of hydrogen-bond acceptors (Lipinski definition) is 5. The second kappa shape index (κ2) is 3.47. The highest BCUT2D eigenvalue weighted by atomic mass is 16.7. The van der Waals surface area contributed by atoms with Gasteiger partial charge in [-0.2, -0.15) is 0 Å². The van der Waals surface area contributed by atoms with Gasteiger partial charge in [-0.05, 0) is 0 Å². The van der Waals surface area contributed by atoms with E-state index in [9.17, 15) is 4.79 Å². The molecule has 0 amide bonds. The molecule has 0 aliphatic carbocycles. The molecule has 0 heterocycles. The van der Waals surface area contributed by atoms with Crippen LogP contribution in [-0.2, 0) is 4.79 Å². The number of aliphatic hydroxyl groups is 3. The van der Waals surface area contributed by atoms with Crippen molar-refractivity contribution in [1.29, 1.82) is 0 Å². The molecule has 0 aliphatic heterocycles. The molecule has 0 aromatic heterocycles. The minimum Gasteiger partial charge on any atom is -0.480 e. The van der Waals surface area contributed by atoms with Crippen LogP contribution in [0.3, 0.4) is 0 Å². The lowest BCUT2D eigenvalue weighted by Gasteiger charge is -2.12. The number of carbonyl (C=O) groups is 1. The second-order valence-corrected chi connectivity index (χ2v) is 1.77. The number of carboxylic acid groups (broad SMARTS) is 1. The third kappa shape index (κ3) is 7.31. The van der Waals surface area contributed by atoms with Crippen LogP contribution >= 0.6 is 0 Å². The monoisotopic (exact) mass is 151 g/mol. The van der Waals surface area contributed by atoms with Crippen molar-refractivity contribution in [3.63, 3.8) is 0 Å². The van der Waals surface area contributed by atoms with Crippen LogP contribution in [0, 0.1) is 0 Å². The molecular weight excluding hydrogens is 142 g/mol. The van der Waals surface area contributed by atoms with Gasteiger partial charge in [0.15, 0.2) is 0 Å². The molecule has 6 nitrogen and oxygen atoms in total. The van der Waals surface area contributed by atoms with Gasteiger partial charge in [-0.1, -0.05) is 0 Å². The van der Waals surface area contributed by atoms with Crippen LogP contribution in [0.15, 0.2) is 0 Å². The molecule has 0 radical (unpaired) electrons. The van der Waals surface area contributed by atoms with Crippen molar-refractivity contribution >= 4 is 5.97 Å². The Morgan fingerprint density at radius 3 is 2.20 bits per heavy atom. The molecular formula is C4H9NO5. The van der Waals surface area contributed by atoms with Crippen molar-refractivity contribution in [2.75, 3.05) is 13.1 Å². The SMILES string of the molecule is O=C(O)CNCC(O)(O)O. The Kier molecular flexibility index (Phi) is 3.23. The Bertz CT molecular complexity index is 117. The van der Waals surface area contributed by atoms with E-state index >= 15 is 0 Å². The van der Waals surface area contributed by atoms with Crippen LogP contribution in [0.2, 0.25) is 0 Å². The Balaban J connectivity index is 3.29. The molecule has 0 fully saturated rings. The number of nitrogens with one attached hydrogen (secondary N) is 1. The third-order valence-electron chi connectivity index (χ3n) is 0.638. The summed E-state index contributed by atoms with van der Waals surface area (Å²) in [6.45, 7) is -1.03. The molecule has 6 heteroatoms. The fourth-order valence-corrected chi connectivity index (χ4v) is 0.337. The van der Waals surface area contributed by atoms with E-state index in [0.29, 0.717) is 0 Å². The summed E-state index contributed by atoms with van der Waals surface area (Å²) in [5.41, 5.74) is 0. The highest BCUT2D eigenvalue weighted by Gasteiger charge is 2.16. The van der Waals surface area contributed by atoms with Gasteiger partial charge in [0.05, 0.1) is 13.1 Å². The standard InChI is InChI=1S/C4H9NO5/c6-3(7)1-5-2-4(8,9)10/h5,8-10H,1-2H2,(H,6,7). The number of rotatable bonds is 4. The lowest BCUT2D eigenvalue weighted by atomic mass is 10.5. The minimum atomic E-state index is -2.84. The van der Waals surface area contributed by atoms with E-state index in [0.717, 1.165) is 0 Å². The summed E-state index contributed by atoms with van der Waals surface area (Å²) in [4.78, 5) is 9.78. The summed E-state index contributed by atoms with van der Waals surface area (Å²) in [6.07, 6.45) is 0. The van der Waals surface area contributed by atoms with Crippen LogP contribution < -0.4 is 5.32 Å². The van der Waals surface area contributed by atoms with Crippen molar-refractivity contribution in [1.82, 2.24) is 5.32 Å². The molecule has 0 aromatic carbocycles. The van der Waals surface area contributed by atoms with Gasteiger partial charge in [0.25, 0.3) is 5.97 Å².